The highest BCUT2D eigenvalue weighted by molar-refractivity contribution is 5.67. The second-order valence-electron chi connectivity index (χ2n) is 6.50. The van der Waals surface area contributed by atoms with Crippen LogP contribution < -0.4 is 4.90 Å². The molecular formula is C20H24N2O2. The molecule has 1 heterocycles. The van der Waals surface area contributed by atoms with Crippen LogP contribution in [0.2, 0.25) is 0 Å². The largest absolute Gasteiger partial charge is 0.481 e. The van der Waals surface area contributed by atoms with Crippen LogP contribution in [-0.4, -0.2) is 41.1 Å². The van der Waals surface area contributed by atoms with Crippen LogP contribution in [0.3, 0.4) is 0 Å². The summed E-state index contributed by atoms with van der Waals surface area (Å²) in [7, 11) is 0. The van der Waals surface area contributed by atoms with E-state index in [0.29, 0.717) is 6.04 Å². The fourth-order valence-corrected chi connectivity index (χ4v) is 3.50. The van der Waals surface area contributed by atoms with Crippen molar-refractivity contribution in [2.45, 2.75) is 32.0 Å². The minimum absolute atomic E-state index is 0.0131. The Bertz CT molecular complexity index is 660. The van der Waals surface area contributed by atoms with E-state index < -0.39 is 5.97 Å². The van der Waals surface area contributed by atoms with Crippen molar-refractivity contribution >= 4 is 11.7 Å². The fraction of sp³-hybridized carbons (Fsp3) is 0.350. The van der Waals surface area contributed by atoms with Crippen molar-refractivity contribution < 1.29 is 9.90 Å². The van der Waals surface area contributed by atoms with E-state index >= 15 is 0 Å². The van der Waals surface area contributed by atoms with Crippen LogP contribution in [0, 0.1) is 0 Å². The van der Waals surface area contributed by atoms with Crippen molar-refractivity contribution in [1.82, 2.24) is 4.90 Å². The maximum absolute atomic E-state index is 11.3. The number of piperazine rings is 1. The fourth-order valence-electron chi connectivity index (χ4n) is 3.50. The third-order valence-electron chi connectivity index (χ3n) is 4.68. The molecule has 1 saturated heterocycles. The molecule has 4 nitrogen and oxygen atoms in total. The Labute approximate surface area is 143 Å². The molecule has 0 saturated carbocycles. The first-order chi connectivity index (χ1) is 11.6. The summed E-state index contributed by atoms with van der Waals surface area (Å²) in [5.41, 5.74) is 2.40. The van der Waals surface area contributed by atoms with Gasteiger partial charge in [-0.3, -0.25) is 9.69 Å². The molecule has 2 aromatic rings. The van der Waals surface area contributed by atoms with Crippen molar-refractivity contribution in [3.63, 3.8) is 0 Å². The summed E-state index contributed by atoms with van der Waals surface area (Å²) in [6.07, 6.45) is 0.170. The Kier molecular flexibility index (Phi) is 5.16. The third-order valence-corrected chi connectivity index (χ3v) is 4.68. The lowest BCUT2D eigenvalue weighted by molar-refractivity contribution is -0.138. The molecule has 126 valence electrons. The molecule has 3 rings (SSSR count). The molecule has 1 N–H and O–H groups in total. The Morgan fingerprint density at radius 3 is 2.29 bits per heavy atom. The molecule has 2 atom stereocenters. The van der Waals surface area contributed by atoms with E-state index in [2.05, 4.69) is 41.0 Å². The summed E-state index contributed by atoms with van der Waals surface area (Å²) in [5, 5.41) is 9.33. The zero-order valence-corrected chi connectivity index (χ0v) is 14.0. The lowest BCUT2D eigenvalue weighted by Gasteiger charge is -2.46. The van der Waals surface area contributed by atoms with E-state index in [1.165, 1.54) is 11.3 Å². The average molecular weight is 324 g/mol. The molecule has 0 aliphatic carbocycles. The van der Waals surface area contributed by atoms with E-state index in [0.717, 1.165) is 19.6 Å². The van der Waals surface area contributed by atoms with Gasteiger partial charge in [-0.15, -0.1) is 0 Å². The number of benzene rings is 2. The van der Waals surface area contributed by atoms with Crippen molar-refractivity contribution in [2.75, 3.05) is 18.0 Å². The molecule has 0 bridgehead atoms. The second kappa shape index (κ2) is 7.49. The van der Waals surface area contributed by atoms with Crippen LogP contribution >= 0.6 is 0 Å². The highest BCUT2D eigenvalue weighted by atomic mass is 16.4. The van der Waals surface area contributed by atoms with Crippen molar-refractivity contribution in [3.05, 3.63) is 66.2 Å². The smallest absolute Gasteiger partial charge is 0.305 e. The summed E-state index contributed by atoms with van der Waals surface area (Å²) < 4.78 is 0. The van der Waals surface area contributed by atoms with Crippen molar-refractivity contribution in [2.24, 2.45) is 0 Å². The van der Waals surface area contributed by atoms with Gasteiger partial charge in [0.1, 0.15) is 0 Å². The summed E-state index contributed by atoms with van der Waals surface area (Å²) in [6, 6.07) is 20.9. The first-order valence-corrected chi connectivity index (χ1v) is 8.45. The van der Waals surface area contributed by atoms with Gasteiger partial charge in [0, 0.05) is 37.4 Å². The number of anilines is 1. The highest BCUT2D eigenvalue weighted by Crippen LogP contribution is 2.25. The van der Waals surface area contributed by atoms with Crippen molar-refractivity contribution in [3.8, 4) is 0 Å². The van der Waals surface area contributed by atoms with Crippen LogP contribution in [-0.2, 0) is 11.3 Å². The number of nitrogens with zero attached hydrogens (tertiary/aromatic N) is 2. The van der Waals surface area contributed by atoms with Gasteiger partial charge in [-0.1, -0.05) is 48.5 Å². The van der Waals surface area contributed by atoms with Crippen LogP contribution in [0.15, 0.2) is 60.7 Å². The van der Waals surface area contributed by atoms with Crippen LogP contribution in [0.5, 0.6) is 0 Å². The highest BCUT2D eigenvalue weighted by Gasteiger charge is 2.32. The summed E-state index contributed by atoms with van der Waals surface area (Å²) in [6.45, 7) is 4.61. The number of carbonyl (C=O) groups is 1. The number of hydrogen-bond acceptors (Lipinski definition) is 3. The standard InChI is InChI=1S/C20H24N2O2/c1-16-13-21(14-17-8-4-2-5-9-17)19(12-20(23)24)15-22(16)18-10-6-3-7-11-18/h2-11,16,19H,12-15H2,1H3,(H,23,24)/t16-,19-/m1/s1. The zero-order chi connectivity index (χ0) is 16.9. The maximum Gasteiger partial charge on any atom is 0.305 e. The topological polar surface area (TPSA) is 43.8 Å². The van der Waals surface area contributed by atoms with E-state index in [4.69, 9.17) is 0 Å². The van der Waals surface area contributed by atoms with Gasteiger partial charge in [-0.2, -0.15) is 0 Å². The molecule has 1 fully saturated rings. The van der Waals surface area contributed by atoms with Crippen molar-refractivity contribution in [1.29, 1.82) is 0 Å². The Morgan fingerprint density at radius 1 is 1.04 bits per heavy atom. The average Bonchev–Trinajstić information content (AvgIpc) is 2.58. The number of carboxylic acid groups (broad SMARTS) is 1. The molecule has 2 aromatic carbocycles. The molecule has 24 heavy (non-hydrogen) atoms. The summed E-state index contributed by atoms with van der Waals surface area (Å²) in [4.78, 5) is 16.0. The lowest BCUT2D eigenvalue weighted by atomic mass is 10.0. The number of rotatable bonds is 5. The molecule has 0 aromatic heterocycles. The van der Waals surface area contributed by atoms with E-state index in [1.807, 2.05) is 36.4 Å². The number of hydrogen-bond donors (Lipinski definition) is 1. The molecule has 4 heteroatoms. The zero-order valence-electron chi connectivity index (χ0n) is 14.0. The molecule has 1 aliphatic heterocycles. The minimum atomic E-state index is -0.736. The Morgan fingerprint density at radius 2 is 1.67 bits per heavy atom. The van der Waals surface area contributed by atoms with Crippen LogP contribution in [0.4, 0.5) is 5.69 Å². The van der Waals surface area contributed by atoms with Gasteiger partial charge in [0.05, 0.1) is 6.42 Å². The Balaban J connectivity index is 1.78. The van der Waals surface area contributed by atoms with Gasteiger partial charge in [-0.25, -0.2) is 0 Å². The van der Waals surface area contributed by atoms with E-state index in [-0.39, 0.29) is 12.5 Å². The maximum atomic E-state index is 11.3. The van der Waals surface area contributed by atoms with Gasteiger partial charge in [0.2, 0.25) is 0 Å². The molecular weight excluding hydrogens is 300 g/mol. The first-order valence-electron chi connectivity index (χ1n) is 8.45. The van der Waals surface area contributed by atoms with Gasteiger partial charge in [0.25, 0.3) is 0 Å². The first kappa shape index (κ1) is 16.5. The molecule has 0 amide bonds. The number of carboxylic acids is 1. The van der Waals surface area contributed by atoms with E-state index in [9.17, 15) is 9.90 Å². The quantitative estimate of drug-likeness (QED) is 0.917. The second-order valence-corrected chi connectivity index (χ2v) is 6.50. The van der Waals surface area contributed by atoms with E-state index in [1.54, 1.807) is 0 Å². The third kappa shape index (κ3) is 3.95. The predicted molar refractivity (Wildman–Crippen MR) is 96.1 cm³/mol. The monoisotopic (exact) mass is 324 g/mol. The van der Waals surface area contributed by atoms with Gasteiger partial charge < -0.3 is 10.0 Å². The Hall–Kier alpha value is -2.33. The molecule has 0 spiro atoms. The molecule has 1 aliphatic rings. The van der Waals surface area contributed by atoms with Gasteiger partial charge >= 0.3 is 5.97 Å². The number of para-hydroxylation sites is 1. The molecule has 0 radical (unpaired) electrons. The minimum Gasteiger partial charge on any atom is -0.481 e. The lowest BCUT2D eigenvalue weighted by Crippen LogP contribution is -2.57. The van der Waals surface area contributed by atoms with Crippen LogP contribution in [0.25, 0.3) is 0 Å². The SMILES string of the molecule is C[C@@H]1CN(Cc2ccccc2)[C@H](CC(=O)O)CN1c1ccccc1. The summed E-state index contributed by atoms with van der Waals surface area (Å²) in [5.74, 6) is -0.736. The normalized spacial score (nSPS) is 21.6. The van der Waals surface area contributed by atoms with Gasteiger partial charge in [-0.05, 0) is 24.6 Å². The predicted octanol–water partition coefficient (Wildman–Crippen LogP) is 3.24. The molecule has 0 unspecified atom stereocenters. The van der Waals surface area contributed by atoms with Crippen LogP contribution in [0.1, 0.15) is 18.9 Å². The van der Waals surface area contributed by atoms with Gasteiger partial charge in [0.15, 0.2) is 0 Å². The summed E-state index contributed by atoms with van der Waals surface area (Å²) >= 11 is 0. The number of aliphatic carboxylic acids is 1.